The van der Waals surface area contributed by atoms with Crippen molar-refractivity contribution in [3.63, 3.8) is 0 Å². The van der Waals surface area contributed by atoms with E-state index in [0.717, 1.165) is 34.9 Å². The van der Waals surface area contributed by atoms with Gasteiger partial charge >= 0.3 is 0 Å². The van der Waals surface area contributed by atoms with Gasteiger partial charge in [0.1, 0.15) is 12.2 Å². The van der Waals surface area contributed by atoms with Crippen LogP contribution >= 0.6 is 0 Å². The maximum Gasteiger partial charge on any atom is 0.271 e. The van der Waals surface area contributed by atoms with E-state index in [1.807, 2.05) is 11.8 Å². The number of benzene rings is 1. The molecule has 1 aliphatic carbocycles. The summed E-state index contributed by atoms with van der Waals surface area (Å²) >= 11 is 0. The number of fused-ring (bicyclic) bond motifs is 1. The lowest BCUT2D eigenvalue weighted by Gasteiger charge is -2.40. The summed E-state index contributed by atoms with van der Waals surface area (Å²) in [5, 5.41) is 1.10. The fourth-order valence-corrected chi connectivity index (χ4v) is 4.79. The predicted molar refractivity (Wildman–Crippen MR) is 107 cm³/mol. The topological polar surface area (TPSA) is 56.4 Å². The standard InChI is InChI=1S/C22H29N3O2/c1-14-11-15(2)20-18(12-14)16(3)21(23-20)22(27)24-9-10-25(19(26)13-24)17-7-5-4-6-8-17/h11-12,17,23H,4-10,13H2,1-3H3. The van der Waals surface area contributed by atoms with Crippen LogP contribution in [0.25, 0.3) is 10.9 Å². The monoisotopic (exact) mass is 367 g/mol. The number of nitrogens with one attached hydrogen (secondary N) is 1. The number of nitrogens with zero attached hydrogens (tertiary/aromatic N) is 2. The number of hydrogen-bond donors (Lipinski definition) is 1. The molecule has 1 aromatic carbocycles. The van der Waals surface area contributed by atoms with Crippen molar-refractivity contribution < 1.29 is 9.59 Å². The summed E-state index contributed by atoms with van der Waals surface area (Å²) in [7, 11) is 0. The summed E-state index contributed by atoms with van der Waals surface area (Å²) < 4.78 is 0. The number of hydrogen-bond acceptors (Lipinski definition) is 2. The first-order valence-corrected chi connectivity index (χ1v) is 10.1. The number of aromatic amines is 1. The molecule has 0 radical (unpaired) electrons. The van der Waals surface area contributed by atoms with E-state index in [1.165, 1.54) is 24.8 Å². The molecule has 0 atom stereocenters. The highest BCUT2D eigenvalue weighted by Gasteiger charge is 2.33. The first kappa shape index (κ1) is 18.1. The second-order valence-electron chi connectivity index (χ2n) is 8.24. The molecule has 5 nitrogen and oxygen atoms in total. The van der Waals surface area contributed by atoms with Gasteiger partial charge in [-0.05, 0) is 50.8 Å². The van der Waals surface area contributed by atoms with E-state index in [-0.39, 0.29) is 18.4 Å². The van der Waals surface area contributed by atoms with Crippen molar-refractivity contribution in [2.75, 3.05) is 19.6 Å². The van der Waals surface area contributed by atoms with Gasteiger partial charge in [0.05, 0.1) is 0 Å². The first-order valence-electron chi connectivity index (χ1n) is 10.1. The molecule has 0 unspecified atom stereocenters. The van der Waals surface area contributed by atoms with E-state index in [1.54, 1.807) is 4.90 Å². The van der Waals surface area contributed by atoms with Crippen LogP contribution in [-0.4, -0.2) is 52.3 Å². The van der Waals surface area contributed by atoms with Crippen LogP contribution in [0.15, 0.2) is 12.1 Å². The maximum absolute atomic E-state index is 13.1. The number of carbonyl (C=O) groups excluding carboxylic acids is 2. The van der Waals surface area contributed by atoms with Gasteiger partial charge < -0.3 is 14.8 Å². The van der Waals surface area contributed by atoms with Gasteiger partial charge in [-0.2, -0.15) is 0 Å². The van der Waals surface area contributed by atoms with Crippen LogP contribution in [0.1, 0.15) is 59.3 Å². The number of aryl methyl sites for hydroxylation is 3. The van der Waals surface area contributed by atoms with Gasteiger partial charge in [0.15, 0.2) is 0 Å². The van der Waals surface area contributed by atoms with Gasteiger partial charge in [-0.25, -0.2) is 0 Å². The molecule has 5 heteroatoms. The zero-order valence-electron chi connectivity index (χ0n) is 16.6. The van der Waals surface area contributed by atoms with Crippen LogP contribution in [0.5, 0.6) is 0 Å². The van der Waals surface area contributed by atoms with Crippen molar-refractivity contribution in [2.24, 2.45) is 0 Å². The third kappa shape index (κ3) is 3.24. The van der Waals surface area contributed by atoms with E-state index in [9.17, 15) is 9.59 Å². The number of H-pyrrole nitrogens is 1. The summed E-state index contributed by atoms with van der Waals surface area (Å²) in [5.41, 5.74) is 4.96. The Balaban J connectivity index is 1.54. The highest BCUT2D eigenvalue weighted by Crippen LogP contribution is 2.28. The molecule has 1 aromatic heterocycles. The zero-order valence-corrected chi connectivity index (χ0v) is 16.6. The van der Waals surface area contributed by atoms with E-state index < -0.39 is 0 Å². The van der Waals surface area contributed by atoms with Crippen LogP contribution < -0.4 is 0 Å². The lowest BCUT2D eigenvalue weighted by atomic mass is 9.93. The minimum absolute atomic E-state index is 0.0580. The summed E-state index contributed by atoms with van der Waals surface area (Å²) in [6.45, 7) is 7.60. The Morgan fingerprint density at radius 1 is 1.07 bits per heavy atom. The molecule has 2 aromatic rings. The van der Waals surface area contributed by atoms with Gasteiger partial charge in [-0.15, -0.1) is 0 Å². The van der Waals surface area contributed by atoms with E-state index in [4.69, 9.17) is 0 Å². The van der Waals surface area contributed by atoms with Crippen molar-refractivity contribution in [3.05, 3.63) is 34.5 Å². The Morgan fingerprint density at radius 2 is 1.81 bits per heavy atom. The van der Waals surface area contributed by atoms with Gasteiger partial charge in [-0.1, -0.05) is 30.9 Å². The predicted octanol–water partition coefficient (Wildman–Crippen LogP) is 3.71. The molecule has 2 heterocycles. The van der Waals surface area contributed by atoms with Gasteiger partial charge in [-0.3, -0.25) is 9.59 Å². The minimum atomic E-state index is -0.0580. The lowest BCUT2D eigenvalue weighted by Crippen LogP contribution is -2.55. The van der Waals surface area contributed by atoms with Crippen molar-refractivity contribution in [3.8, 4) is 0 Å². The molecule has 2 fully saturated rings. The van der Waals surface area contributed by atoms with Gasteiger partial charge in [0, 0.05) is 30.0 Å². The minimum Gasteiger partial charge on any atom is -0.350 e. The molecule has 2 aliphatic rings. The highest BCUT2D eigenvalue weighted by atomic mass is 16.2. The molecule has 2 amide bonds. The smallest absolute Gasteiger partial charge is 0.271 e. The summed E-state index contributed by atoms with van der Waals surface area (Å²) in [4.78, 5) is 32.9. The second-order valence-corrected chi connectivity index (χ2v) is 8.24. The molecule has 4 rings (SSSR count). The van der Waals surface area contributed by atoms with Crippen LogP contribution in [0, 0.1) is 20.8 Å². The van der Waals surface area contributed by atoms with Gasteiger partial charge in [0.2, 0.25) is 5.91 Å². The fraction of sp³-hybridized carbons (Fsp3) is 0.545. The summed E-state index contributed by atoms with van der Waals surface area (Å²) in [5.74, 6) is 0.0414. The third-order valence-corrected chi connectivity index (χ3v) is 6.28. The normalized spacial score (nSPS) is 19.1. The van der Waals surface area contributed by atoms with Crippen LogP contribution in [-0.2, 0) is 4.79 Å². The number of rotatable bonds is 2. The van der Waals surface area contributed by atoms with Crippen LogP contribution in [0.4, 0.5) is 0 Å². The van der Waals surface area contributed by atoms with E-state index >= 15 is 0 Å². The Labute approximate surface area is 160 Å². The molecule has 0 spiro atoms. The Hall–Kier alpha value is -2.30. The van der Waals surface area contributed by atoms with Gasteiger partial charge in [0.25, 0.3) is 5.91 Å². The third-order valence-electron chi connectivity index (χ3n) is 6.28. The maximum atomic E-state index is 13.1. The summed E-state index contributed by atoms with van der Waals surface area (Å²) in [6, 6.07) is 4.62. The number of amides is 2. The largest absolute Gasteiger partial charge is 0.350 e. The molecule has 1 saturated carbocycles. The lowest BCUT2D eigenvalue weighted by molar-refractivity contribution is -0.138. The Morgan fingerprint density at radius 3 is 2.52 bits per heavy atom. The summed E-state index contributed by atoms with van der Waals surface area (Å²) in [6.07, 6.45) is 5.93. The van der Waals surface area contributed by atoms with Crippen LogP contribution in [0.3, 0.4) is 0 Å². The fourth-order valence-electron chi connectivity index (χ4n) is 4.79. The van der Waals surface area contributed by atoms with Crippen molar-refractivity contribution >= 4 is 22.7 Å². The van der Waals surface area contributed by atoms with Crippen LogP contribution in [0.2, 0.25) is 0 Å². The molecular formula is C22H29N3O2. The number of aromatic nitrogens is 1. The van der Waals surface area contributed by atoms with E-state index in [2.05, 4.69) is 31.0 Å². The molecular weight excluding hydrogens is 338 g/mol. The molecule has 1 aliphatic heterocycles. The van der Waals surface area contributed by atoms with Crippen molar-refractivity contribution in [1.29, 1.82) is 0 Å². The van der Waals surface area contributed by atoms with E-state index in [0.29, 0.717) is 24.8 Å². The van der Waals surface area contributed by atoms with Crippen molar-refractivity contribution in [2.45, 2.75) is 58.9 Å². The molecule has 1 saturated heterocycles. The molecule has 0 bridgehead atoms. The Kier molecular flexibility index (Phi) is 4.70. The number of carbonyl (C=O) groups is 2. The first-order chi connectivity index (χ1) is 13.0. The quantitative estimate of drug-likeness (QED) is 0.880. The average molecular weight is 367 g/mol. The zero-order chi connectivity index (χ0) is 19.1. The Bertz CT molecular complexity index is 893. The number of piperazine rings is 1. The second kappa shape index (κ2) is 7.02. The highest BCUT2D eigenvalue weighted by molar-refractivity contribution is 6.03. The average Bonchev–Trinajstić information content (AvgIpc) is 2.99. The SMILES string of the molecule is Cc1cc(C)c2[nH]c(C(=O)N3CCN(C4CCCCC4)C(=O)C3)c(C)c2c1. The molecule has 1 N–H and O–H groups in total. The molecule has 144 valence electrons. The molecule has 27 heavy (non-hydrogen) atoms. The van der Waals surface area contributed by atoms with Crippen molar-refractivity contribution in [1.82, 2.24) is 14.8 Å².